The Morgan fingerprint density at radius 3 is 2.64 bits per heavy atom. The third kappa shape index (κ3) is 2.41. The second-order valence-corrected chi connectivity index (χ2v) is 9.79. The summed E-state index contributed by atoms with van der Waals surface area (Å²) in [6.45, 7) is 5.36. The monoisotopic (exact) mass is 337 g/mol. The van der Waals surface area contributed by atoms with Gasteiger partial charge in [0.15, 0.2) is 0 Å². The maximum Gasteiger partial charge on any atom is 0.226 e. The van der Waals surface area contributed by atoms with Crippen LogP contribution in [0.1, 0.15) is 58.1 Å². The summed E-state index contributed by atoms with van der Waals surface area (Å²) in [4.78, 5) is 17.8. The summed E-state index contributed by atoms with van der Waals surface area (Å²) in [5.41, 5.74) is 2.47. The first-order chi connectivity index (χ1) is 11.9. The second kappa shape index (κ2) is 4.87. The van der Waals surface area contributed by atoms with Gasteiger partial charge in [0.05, 0.1) is 17.7 Å². The topological polar surface area (TPSA) is 46.4 Å². The second-order valence-electron chi connectivity index (χ2n) is 9.79. The molecular formula is C21H27N3O. The SMILES string of the molecule is C[C@@]12CC3CC(C(=O)NCc4cn5ccccc5n4)(C1)C[C@@](C)(C3)C2. The van der Waals surface area contributed by atoms with Crippen molar-refractivity contribution in [3.63, 3.8) is 0 Å². The minimum atomic E-state index is -0.137. The molecule has 2 aromatic rings. The van der Waals surface area contributed by atoms with E-state index in [0.29, 0.717) is 17.4 Å². The van der Waals surface area contributed by atoms with E-state index < -0.39 is 0 Å². The molecule has 4 bridgehead atoms. The van der Waals surface area contributed by atoms with Gasteiger partial charge in [0.2, 0.25) is 5.91 Å². The summed E-state index contributed by atoms with van der Waals surface area (Å²) in [7, 11) is 0. The van der Waals surface area contributed by atoms with Crippen molar-refractivity contribution in [2.75, 3.05) is 0 Å². The average Bonchev–Trinajstić information content (AvgIpc) is 2.91. The summed E-state index contributed by atoms with van der Waals surface area (Å²) < 4.78 is 2.01. The summed E-state index contributed by atoms with van der Waals surface area (Å²) in [5, 5.41) is 3.24. The van der Waals surface area contributed by atoms with Crippen LogP contribution in [0.5, 0.6) is 0 Å². The maximum absolute atomic E-state index is 13.2. The molecule has 0 saturated heterocycles. The molecule has 0 radical (unpaired) electrons. The van der Waals surface area contributed by atoms with Crippen LogP contribution in [0.3, 0.4) is 0 Å². The molecule has 4 nitrogen and oxygen atoms in total. The minimum Gasteiger partial charge on any atom is -0.350 e. The Hall–Kier alpha value is -1.84. The number of hydrogen-bond acceptors (Lipinski definition) is 2. The van der Waals surface area contributed by atoms with Crippen LogP contribution in [0.15, 0.2) is 30.6 Å². The molecule has 4 saturated carbocycles. The van der Waals surface area contributed by atoms with Gasteiger partial charge in [-0.1, -0.05) is 19.9 Å². The van der Waals surface area contributed by atoms with Gasteiger partial charge < -0.3 is 9.72 Å². The fourth-order valence-corrected chi connectivity index (χ4v) is 7.13. The van der Waals surface area contributed by atoms with Gasteiger partial charge in [-0.2, -0.15) is 0 Å². The molecule has 4 fully saturated rings. The van der Waals surface area contributed by atoms with E-state index in [1.54, 1.807) is 0 Å². The highest BCUT2D eigenvalue weighted by Gasteiger charge is 2.62. The smallest absolute Gasteiger partial charge is 0.226 e. The summed E-state index contributed by atoms with van der Waals surface area (Å²) >= 11 is 0. The van der Waals surface area contributed by atoms with Crippen LogP contribution < -0.4 is 5.32 Å². The Bertz CT molecular complexity index is 803. The van der Waals surface area contributed by atoms with Crippen LogP contribution in [0, 0.1) is 22.2 Å². The van der Waals surface area contributed by atoms with Crippen LogP contribution in [0.25, 0.3) is 5.65 Å². The lowest BCUT2D eigenvalue weighted by atomic mass is 9.40. The summed E-state index contributed by atoms with van der Waals surface area (Å²) in [5.74, 6) is 1.01. The van der Waals surface area contributed by atoms with Crippen molar-refractivity contribution in [3.8, 4) is 0 Å². The Labute approximate surface area is 149 Å². The highest BCUT2D eigenvalue weighted by atomic mass is 16.2. The van der Waals surface area contributed by atoms with Crippen LogP contribution in [-0.4, -0.2) is 15.3 Å². The Morgan fingerprint density at radius 1 is 1.20 bits per heavy atom. The molecule has 0 spiro atoms. The first kappa shape index (κ1) is 15.4. The van der Waals surface area contributed by atoms with E-state index >= 15 is 0 Å². The number of nitrogens with zero attached hydrogens (tertiary/aromatic N) is 2. The normalized spacial score (nSPS) is 39.0. The Kier molecular flexibility index (Phi) is 3.00. The van der Waals surface area contributed by atoms with E-state index in [4.69, 9.17) is 0 Å². The maximum atomic E-state index is 13.2. The number of hydrogen-bond donors (Lipinski definition) is 1. The summed E-state index contributed by atoms with van der Waals surface area (Å²) in [6.07, 6.45) is 11.2. The lowest BCUT2D eigenvalue weighted by Crippen LogP contribution is -2.59. The van der Waals surface area contributed by atoms with E-state index in [0.717, 1.165) is 36.5 Å². The van der Waals surface area contributed by atoms with Gasteiger partial charge in [0, 0.05) is 12.4 Å². The minimum absolute atomic E-state index is 0.137. The number of fused-ring (bicyclic) bond motifs is 1. The van der Waals surface area contributed by atoms with Gasteiger partial charge in [0.1, 0.15) is 5.65 Å². The van der Waals surface area contributed by atoms with Gasteiger partial charge in [-0.15, -0.1) is 0 Å². The zero-order valence-electron chi connectivity index (χ0n) is 15.2. The van der Waals surface area contributed by atoms with Gasteiger partial charge in [0.25, 0.3) is 0 Å². The first-order valence-corrected chi connectivity index (χ1v) is 9.58. The molecule has 1 N–H and O–H groups in total. The van der Waals surface area contributed by atoms with Gasteiger partial charge >= 0.3 is 0 Å². The number of aromatic nitrogens is 2. The number of pyridine rings is 1. The molecule has 0 aromatic carbocycles. The van der Waals surface area contributed by atoms with Crippen molar-refractivity contribution in [1.82, 2.24) is 14.7 Å². The number of carbonyl (C=O) groups excluding carboxylic acids is 1. The third-order valence-corrected chi connectivity index (χ3v) is 6.95. The fourth-order valence-electron chi connectivity index (χ4n) is 7.13. The molecule has 2 heterocycles. The van der Waals surface area contributed by atoms with Crippen molar-refractivity contribution in [2.24, 2.45) is 22.2 Å². The van der Waals surface area contributed by atoms with E-state index in [1.807, 2.05) is 35.0 Å². The zero-order chi connectivity index (χ0) is 17.3. The molecule has 0 unspecified atom stereocenters. The van der Waals surface area contributed by atoms with Crippen molar-refractivity contribution in [3.05, 3.63) is 36.3 Å². The quantitative estimate of drug-likeness (QED) is 0.922. The standard InChI is InChI=1S/C21H27N3O/c1-19-7-15-8-20(2,12-19)14-21(9-15,13-19)18(25)22-10-16-11-24-6-4-3-5-17(24)23-16/h3-6,11,15H,7-10,12-14H2,1-2H3,(H,22,25)/t15?,19-,20-,21?/m0/s1. The fraction of sp³-hybridized carbons (Fsp3) is 0.619. The molecule has 4 aliphatic carbocycles. The number of nitrogens with one attached hydrogen (secondary N) is 1. The van der Waals surface area contributed by atoms with E-state index in [2.05, 4.69) is 24.1 Å². The molecular weight excluding hydrogens is 310 g/mol. The zero-order valence-corrected chi connectivity index (χ0v) is 15.2. The number of carbonyl (C=O) groups is 1. The lowest BCUT2D eigenvalue weighted by Gasteiger charge is -2.64. The molecule has 6 rings (SSSR count). The van der Waals surface area contributed by atoms with Crippen molar-refractivity contribution in [2.45, 2.75) is 58.9 Å². The van der Waals surface area contributed by atoms with Crippen LogP contribution >= 0.6 is 0 Å². The molecule has 132 valence electrons. The Balaban J connectivity index is 1.35. The van der Waals surface area contributed by atoms with Crippen LogP contribution in [0.4, 0.5) is 0 Å². The van der Waals surface area contributed by atoms with Gasteiger partial charge in [-0.25, -0.2) is 4.98 Å². The molecule has 1 amide bonds. The molecule has 0 aliphatic heterocycles. The number of rotatable bonds is 3. The van der Waals surface area contributed by atoms with E-state index in [1.165, 1.54) is 19.3 Å². The first-order valence-electron chi connectivity index (χ1n) is 9.58. The van der Waals surface area contributed by atoms with Gasteiger partial charge in [-0.3, -0.25) is 4.79 Å². The average molecular weight is 337 g/mol. The molecule has 4 heteroatoms. The largest absolute Gasteiger partial charge is 0.350 e. The summed E-state index contributed by atoms with van der Waals surface area (Å²) in [6, 6.07) is 5.97. The van der Waals surface area contributed by atoms with Gasteiger partial charge in [-0.05, 0) is 67.4 Å². The van der Waals surface area contributed by atoms with E-state index in [-0.39, 0.29) is 11.3 Å². The molecule has 4 aliphatic rings. The molecule has 2 atom stereocenters. The highest BCUT2D eigenvalue weighted by molar-refractivity contribution is 5.83. The Morgan fingerprint density at radius 2 is 1.96 bits per heavy atom. The predicted molar refractivity (Wildman–Crippen MR) is 96.9 cm³/mol. The number of amides is 1. The van der Waals surface area contributed by atoms with Crippen LogP contribution in [-0.2, 0) is 11.3 Å². The van der Waals surface area contributed by atoms with Crippen molar-refractivity contribution >= 4 is 11.6 Å². The highest BCUT2D eigenvalue weighted by Crippen LogP contribution is 2.69. The predicted octanol–water partition coefficient (Wildman–Crippen LogP) is 3.95. The molecule has 25 heavy (non-hydrogen) atoms. The van der Waals surface area contributed by atoms with Crippen LogP contribution in [0.2, 0.25) is 0 Å². The van der Waals surface area contributed by atoms with E-state index in [9.17, 15) is 4.79 Å². The molecule has 2 aromatic heterocycles. The lowest BCUT2D eigenvalue weighted by molar-refractivity contribution is -0.170. The number of imidazole rings is 1. The van der Waals surface area contributed by atoms with Crippen molar-refractivity contribution in [1.29, 1.82) is 0 Å². The third-order valence-electron chi connectivity index (χ3n) is 6.95. The van der Waals surface area contributed by atoms with Crippen molar-refractivity contribution < 1.29 is 4.79 Å².